The summed E-state index contributed by atoms with van der Waals surface area (Å²) in [7, 11) is -3.73. The average Bonchev–Trinajstić information content (AvgIpc) is 2.85. The summed E-state index contributed by atoms with van der Waals surface area (Å²) < 4.78 is 0. The molecule has 2 bridgehead atoms. The SMILES string of the molecule is C[Si]1(C)c2c3c(cc4ccccc24)C=CC2C4c5ccccc5C(c5ccccc54)(C32)[Si]1(C)C. The second kappa shape index (κ2) is 5.92. The van der Waals surface area contributed by atoms with E-state index in [4.69, 9.17) is 0 Å². The van der Waals surface area contributed by atoms with Crippen LogP contribution in [-0.2, 0) is 5.04 Å². The molecule has 0 amide bonds. The van der Waals surface area contributed by atoms with Gasteiger partial charge in [0.25, 0.3) is 0 Å². The first-order valence-corrected chi connectivity index (χ1v) is 19.8. The largest absolute Gasteiger partial charge is 0.0792 e. The standard InChI is InChI=1S/C32H30Si2/c1-33(2)31-22-12-6-5-11-20(22)19-21-17-18-25-29-23-13-7-9-15-26(23)32(34(33,3)4,30(25)28(21)31)27-16-10-8-14-24(27)29/h5-19,25,29-30H,1-4H3. The molecule has 1 aliphatic heterocycles. The highest BCUT2D eigenvalue weighted by Gasteiger charge is 2.72. The molecule has 0 aromatic heterocycles. The summed E-state index contributed by atoms with van der Waals surface area (Å²) in [6.45, 7) is 11.0. The Morgan fingerprint density at radius 2 is 1.35 bits per heavy atom. The van der Waals surface area contributed by atoms with Crippen molar-refractivity contribution in [2.45, 2.75) is 43.1 Å². The number of rotatable bonds is 0. The van der Waals surface area contributed by atoms with Gasteiger partial charge in [-0.25, -0.2) is 0 Å². The predicted molar refractivity (Wildman–Crippen MR) is 149 cm³/mol. The molecule has 0 fully saturated rings. The molecule has 0 radical (unpaired) electrons. The molecule has 5 aliphatic rings. The van der Waals surface area contributed by atoms with Crippen molar-refractivity contribution < 1.29 is 0 Å². The summed E-state index contributed by atoms with van der Waals surface area (Å²) in [6.07, 6.45) is 5.11. The van der Waals surface area contributed by atoms with Crippen molar-refractivity contribution in [3.05, 3.63) is 118 Å². The predicted octanol–water partition coefficient (Wildman–Crippen LogP) is 7.27. The van der Waals surface area contributed by atoms with Crippen molar-refractivity contribution in [2.24, 2.45) is 5.92 Å². The van der Waals surface area contributed by atoms with Crippen LogP contribution in [0.1, 0.15) is 45.2 Å². The highest BCUT2D eigenvalue weighted by molar-refractivity contribution is 7.47. The van der Waals surface area contributed by atoms with Crippen molar-refractivity contribution in [3.63, 3.8) is 0 Å². The van der Waals surface area contributed by atoms with E-state index in [1.807, 2.05) is 0 Å². The van der Waals surface area contributed by atoms with Crippen LogP contribution in [0.5, 0.6) is 0 Å². The number of benzene rings is 4. The van der Waals surface area contributed by atoms with E-state index in [2.05, 4.69) is 117 Å². The molecular formula is C32H30Si2. The Kier molecular flexibility index (Phi) is 3.42. The lowest BCUT2D eigenvalue weighted by Crippen LogP contribution is -2.81. The van der Waals surface area contributed by atoms with Gasteiger partial charge in [0.2, 0.25) is 0 Å². The zero-order valence-electron chi connectivity index (χ0n) is 20.4. The third-order valence-electron chi connectivity index (χ3n) is 10.8. The van der Waals surface area contributed by atoms with Crippen LogP contribution < -0.4 is 5.19 Å². The minimum absolute atomic E-state index is 0.143. The molecule has 4 aliphatic carbocycles. The van der Waals surface area contributed by atoms with E-state index in [1.54, 1.807) is 38.4 Å². The quantitative estimate of drug-likeness (QED) is 0.237. The van der Waals surface area contributed by atoms with Crippen LogP contribution in [0.2, 0.25) is 26.2 Å². The normalized spacial score (nSPS) is 29.9. The summed E-state index contributed by atoms with van der Waals surface area (Å²) >= 11 is 0. The number of hydrogen-bond donors (Lipinski definition) is 0. The first kappa shape index (κ1) is 19.6. The van der Waals surface area contributed by atoms with Crippen molar-refractivity contribution in [3.8, 4) is 0 Å². The van der Waals surface area contributed by atoms with Gasteiger partial charge in [0.15, 0.2) is 0 Å². The van der Waals surface area contributed by atoms with Gasteiger partial charge in [-0.1, -0.05) is 116 Å². The molecule has 2 atom stereocenters. The molecule has 34 heavy (non-hydrogen) atoms. The Bertz CT molecular complexity index is 1540. The molecule has 166 valence electrons. The second-order valence-corrected chi connectivity index (χ2v) is 27.4. The number of allylic oxidation sites excluding steroid dienone is 1. The molecule has 9 rings (SSSR count). The molecule has 2 unspecified atom stereocenters. The maximum absolute atomic E-state index is 2.78. The molecule has 4 aromatic rings. The smallest absolute Gasteiger partial charge is 0.0765 e. The fraction of sp³-hybridized carbons (Fsp3) is 0.250. The van der Waals surface area contributed by atoms with Crippen LogP contribution >= 0.6 is 0 Å². The van der Waals surface area contributed by atoms with Gasteiger partial charge in [-0.05, 0) is 56.1 Å². The van der Waals surface area contributed by atoms with Crippen LogP contribution in [0, 0.1) is 5.92 Å². The van der Waals surface area contributed by atoms with Crippen molar-refractivity contribution >= 4 is 37.2 Å². The first-order chi connectivity index (χ1) is 16.4. The van der Waals surface area contributed by atoms with Crippen LogP contribution in [0.25, 0.3) is 16.8 Å². The molecule has 0 saturated heterocycles. The number of fused-ring (bicyclic) bond motifs is 2. The van der Waals surface area contributed by atoms with Gasteiger partial charge in [0.05, 0.1) is 15.2 Å². The topological polar surface area (TPSA) is 0 Å². The summed E-state index contributed by atoms with van der Waals surface area (Å²) in [4.78, 5) is 0. The average molecular weight is 471 g/mol. The lowest BCUT2D eigenvalue weighted by molar-refractivity contribution is 0.319. The minimum atomic E-state index is -1.89. The zero-order chi connectivity index (χ0) is 23.0. The van der Waals surface area contributed by atoms with Gasteiger partial charge in [-0.2, -0.15) is 0 Å². The summed E-state index contributed by atoms with van der Waals surface area (Å²) in [6, 6.07) is 30.9. The van der Waals surface area contributed by atoms with Crippen molar-refractivity contribution in [1.82, 2.24) is 0 Å². The van der Waals surface area contributed by atoms with Gasteiger partial charge in [0.1, 0.15) is 0 Å². The molecule has 0 nitrogen and oxygen atoms in total. The summed E-state index contributed by atoms with van der Waals surface area (Å²) in [5.41, 5.74) is 9.82. The zero-order valence-corrected chi connectivity index (χ0v) is 22.4. The Morgan fingerprint density at radius 1 is 0.735 bits per heavy atom. The summed E-state index contributed by atoms with van der Waals surface area (Å²) in [5, 5.41) is 4.92. The van der Waals surface area contributed by atoms with Gasteiger partial charge >= 0.3 is 0 Å². The van der Waals surface area contributed by atoms with Gasteiger partial charge < -0.3 is 0 Å². The number of hydrogen-bond acceptors (Lipinski definition) is 0. The van der Waals surface area contributed by atoms with Crippen LogP contribution in [0.4, 0.5) is 0 Å². The van der Waals surface area contributed by atoms with E-state index < -0.39 is 15.2 Å². The fourth-order valence-corrected chi connectivity index (χ4v) is 22.4. The molecule has 1 spiro atoms. The van der Waals surface area contributed by atoms with Crippen LogP contribution in [0.15, 0.2) is 84.9 Å². The van der Waals surface area contributed by atoms with E-state index >= 15 is 0 Å². The van der Waals surface area contributed by atoms with Crippen LogP contribution in [-0.4, -0.2) is 15.2 Å². The Hall–Kier alpha value is -2.69. The summed E-state index contributed by atoms with van der Waals surface area (Å²) in [5.74, 6) is 1.58. The third kappa shape index (κ3) is 1.83. The molecular weight excluding hydrogens is 441 g/mol. The Morgan fingerprint density at radius 3 is 2.06 bits per heavy atom. The lowest BCUT2D eigenvalue weighted by atomic mass is 9.50. The van der Waals surface area contributed by atoms with Gasteiger partial charge in [-0.15, -0.1) is 0 Å². The highest BCUT2D eigenvalue weighted by Crippen LogP contribution is 2.71. The van der Waals surface area contributed by atoms with Gasteiger partial charge in [-0.3, -0.25) is 0 Å². The van der Waals surface area contributed by atoms with Gasteiger partial charge in [0, 0.05) is 16.9 Å². The maximum Gasteiger partial charge on any atom is 0.0765 e. The molecule has 0 saturated carbocycles. The van der Waals surface area contributed by atoms with Crippen molar-refractivity contribution in [1.29, 1.82) is 0 Å². The van der Waals surface area contributed by atoms with E-state index in [0.717, 1.165) is 0 Å². The molecule has 2 heteroatoms. The molecule has 4 aromatic carbocycles. The van der Waals surface area contributed by atoms with E-state index in [9.17, 15) is 0 Å². The lowest BCUT2D eigenvalue weighted by Gasteiger charge is -2.69. The minimum Gasteiger partial charge on any atom is -0.0792 e. The Labute approximate surface area is 204 Å². The highest BCUT2D eigenvalue weighted by atomic mass is 29.3. The van der Waals surface area contributed by atoms with E-state index in [-0.39, 0.29) is 5.04 Å². The molecule has 0 N–H and O–H groups in total. The van der Waals surface area contributed by atoms with E-state index in [1.165, 1.54) is 10.9 Å². The van der Waals surface area contributed by atoms with E-state index in [0.29, 0.717) is 17.8 Å². The molecule has 1 heterocycles. The second-order valence-electron chi connectivity index (χ2n) is 12.1. The van der Waals surface area contributed by atoms with Crippen LogP contribution in [0.3, 0.4) is 0 Å². The monoisotopic (exact) mass is 470 g/mol. The Balaban J connectivity index is 1.65. The maximum atomic E-state index is 2.78. The first-order valence-electron chi connectivity index (χ1n) is 12.8. The third-order valence-corrected chi connectivity index (χ3v) is 29.8. The fourth-order valence-electron chi connectivity index (χ4n) is 9.04. The van der Waals surface area contributed by atoms with Crippen molar-refractivity contribution in [2.75, 3.05) is 0 Å².